The van der Waals surface area contributed by atoms with E-state index < -0.39 is 5.97 Å². The van der Waals surface area contributed by atoms with Crippen LogP contribution in [-0.2, 0) is 4.79 Å². The van der Waals surface area contributed by atoms with Crippen molar-refractivity contribution in [2.45, 2.75) is 149 Å². The zero-order chi connectivity index (χ0) is 20.2. The van der Waals surface area contributed by atoms with E-state index in [1.165, 1.54) is 109 Å². The predicted molar refractivity (Wildman–Crippen MR) is 119 cm³/mol. The topological polar surface area (TPSA) is 37.3 Å². The number of carboxylic acids is 1. The van der Waals surface area contributed by atoms with Crippen LogP contribution in [0, 0.1) is 5.41 Å². The van der Waals surface area contributed by atoms with Crippen LogP contribution in [0.15, 0.2) is 0 Å². The molecule has 0 bridgehead atoms. The van der Waals surface area contributed by atoms with Crippen molar-refractivity contribution in [2.24, 2.45) is 5.41 Å². The maximum Gasteiger partial charge on any atom is 0.303 e. The minimum Gasteiger partial charge on any atom is -0.481 e. The molecule has 0 heterocycles. The Hall–Kier alpha value is -0.530. The van der Waals surface area contributed by atoms with Gasteiger partial charge in [0.05, 0.1) is 0 Å². The Morgan fingerprint density at radius 1 is 0.519 bits per heavy atom. The average molecular weight is 383 g/mol. The highest BCUT2D eigenvalue weighted by Gasteiger charge is 2.08. The van der Waals surface area contributed by atoms with Gasteiger partial charge in [-0.3, -0.25) is 4.79 Å². The molecule has 1 N–H and O–H groups in total. The first-order valence-electron chi connectivity index (χ1n) is 12.1. The predicted octanol–water partition coefficient (Wildman–Crippen LogP) is 8.92. The van der Waals surface area contributed by atoms with E-state index in [-0.39, 0.29) is 0 Å². The largest absolute Gasteiger partial charge is 0.481 e. The normalized spacial score (nSPS) is 11.8. The van der Waals surface area contributed by atoms with Crippen LogP contribution < -0.4 is 0 Å². The minimum atomic E-state index is -0.651. The quantitative estimate of drug-likeness (QED) is 0.213. The van der Waals surface area contributed by atoms with Crippen molar-refractivity contribution in [3.05, 3.63) is 0 Å². The lowest BCUT2D eigenvalue weighted by atomic mass is 9.89. The molecular formula is C25H50O2. The maximum absolute atomic E-state index is 10.4. The summed E-state index contributed by atoms with van der Waals surface area (Å²) in [5.74, 6) is -0.651. The molecule has 0 rings (SSSR count). The van der Waals surface area contributed by atoms with E-state index in [1.807, 2.05) is 0 Å². The van der Waals surface area contributed by atoms with Crippen LogP contribution >= 0.6 is 0 Å². The first kappa shape index (κ1) is 26.5. The summed E-state index contributed by atoms with van der Waals surface area (Å²) in [5.41, 5.74) is 0.517. The van der Waals surface area contributed by atoms with Crippen molar-refractivity contribution in [3.8, 4) is 0 Å². The average Bonchev–Trinajstić information content (AvgIpc) is 2.58. The Morgan fingerprint density at radius 3 is 1.04 bits per heavy atom. The lowest BCUT2D eigenvalue weighted by molar-refractivity contribution is -0.137. The Labute approximate surface area is 170 Å². The summed E-state index contributed by atoms with van der Waals surface area (Å²) in [5, 5.41) is 8.58. The highest BCUT2D eigenvalue weighted by Crippen LogP contribution is 2.22. The molecule has 0 aromatic carbocycles. The molecule has 2 heteroatoms. The molecule has 0 aliphatic heterocycles. The number of unbranched alkanes of at least 4 members (excludes halogenated alkanes) is 17. The Balaban J connectivity index is 3.04. The van der Waals surface area contributed by atoms with Gasteiger partial charge < -0.3 is 5.11 Å². The molecule has 0 saturated heterocycles. The van der Waals surface area contributed by atoms with E-state index in [0.29, 0.717) is 11.8 Å². The Bertz CT molecular complexity index is 317. The number of aliphatic carboxylic acids is 1. The molecule has 0 amide bonds. The highest BCUT2D eigenvalue weighted by molar-refractivity contribution is 5.66. The summed E-state index contributed by atoms with van der Waals surface area (Å²) in [4.78, 5) is 10.4. The zero-order valence-corrected chi connectivity index (χ0v) is 19.0. The second-order valence-electron chi connectivity index (χ2n) is 9.82. The molecule has 0 radical (unpaired) electrons. The molecule has 27 heavy (non-hydrogen) atoms. The molecule has 0 aromatic rings. The van der Waals surface area contributed by atoms with Crippen molar-refractivity contribution in [2.75, 3.05) is 0 Å². The molecule has 0 aliphatic carbocycles. The summed E-state index contributed by atoms with van der Waals surface area (Å²) in [6.45, 7) is 7.04. The van der Waals surface area contributed by atoms with Gasteiger partial charge in [0.25, 0.3) is 0 Å². The molecule has 0 aliphatic rings. The van der Waals surface area contributed by atoms with Crippen LogP contribution in [0.5, 0.6) is 0 Å². The standard InChI is InChI=1S/C25H50O2/c1-25(2,3)23-21-19-17-15-13-11-9-7-5-4-6-8-10-12-14-16-18-20-22-24(26)27/h4-23H2,1-3H3,(H,26,27). The molecule has 0 atom stereocenters. The van der Waals surface area contributed by atoms with Crippen molar-refractivity contribution in [1.29, 1.82) is 0 Å². The van der Waals surface area contributed by atoms with Crippen LogP contribution in [0.25, 0.3) is 0 Å². The van der Waals surface area contributed by atoms with Gasteiger partial charge in [-0.25, -0.2) is 0 Å². The van der Waals surface area contributed by atoms with E-state index in [0.717, 1.165) is 12.8 Å². The van der Waals surface area contributed by atoms with Crippen molar-refractivity contribution < 1.29 is 9.90 Å². The van der Waals surface area contributed by atoms with Crippen LogP contribution in [-0.4, -0.2) is 11.1 Å². The number of carbonyl (C=O) groups is 1. The fraction of sp³-hybridized carbons (Fsp3) is 0.960. The molecule has 0 fully saturated rings. The summed E-state index contributed by atoms with van der Waals surface area (Å²) < 4.78 is 0. The molecule has 2 nitrogen and oxygen atoms in total. The fourth-order valence-electron chi connectivity index (χ4n) is 3.76. The lowest BCUT2D eigenvalue weighted by Gasteiger charge is -2.17. The first-order chi connectivity index (χ1) is 12.9. The van der Waals surface area contributed by atoms with Gasteiger partial charge in [0.15, 0.2) is 0 Å². The molecule has 0 spiro atoms. The van der Waals surface area contributed by atoms with E-state index in [1.54, 1.807) is 0 Å². The van der Waals surface area contributed by atoms with Crippen LogP contribution in [0.2, 0.25) is 0 Å². The van der Waals surface area contributed by atoms with E-state index in [4.69, 9.17) is 5.11 Å². The third kappa shape index (κ3) is 25.5. The van der Waals surface area contributed by atoms with Crippen LogP contribution in [0.3, 0.4) is 0 Å². The van der Waals surface area contributed by atoms with E-state index >= 15 is 0 Å². The monoisotopic (exact) mass is 382 g/mol. The second kappa shape index (κ2) is 18.8. The van der Waals surface area contributed by atoms with Crippen molar-refractivity contribution in [1.82, 2.24) is 0 Å². The van der Waals surface area contributed by atoms with Crippen molar-refractivity contribution >= 4 is 5.97 Å². The fourth-order valence-corrected chi connectivity index (χ4v) is 3.76. The van der Waals surface area contributed by atoms with Gasteiger partial charge in [0, 0.05) is 6.42 Å². The second-order valence-corrected chi connectivity index (χ2v) is 9.82. The first-order valence-corrected chi connectivity index (χ1v) is 12.1. The lowest BCUT2D eigenvalue weighted by Crippen LogP contribution is -2.03. The summed E-state index contributed by atoms with van der Waals surface area (Å²) >= 11 is 0. The molecule has 162 valence electrons. The number of carboxylic acid groups (broad SMARTS) is 1. The van der Waals surface area contributed by atoms with Gasteiger partial charge in [-0.2, -0.15) is 0 Å². The maximum atomic E-state index is 10.4. The number of rotatable bonds is 20. The SMILES string of the molecule is CC(C)(C)CCCCCCCCCCCCCCCCCCCCC(=O)O. The Kier molecular flexibility index (Phi) is 18.4. The highest BCUT2D eigenvalue weighted by atomic mass is 16.4. The zero-order valence-electron chi connectivity index (χ0n) is 19.0. The molecule has 0 saturated carbocycles. The van der Waals surface area contributed by atoms with Crippen LogP contribution in [0.1, 0.15) is 149 Å². The number of hydrogen-bond donors (Lipinski definition) is 1. The van der Waals surface area contributed by atoms with E-state index in [9.17, 15) is 4.79 Å². The van der Waals surface area contributed by atoms with Gasteiger partial charge in [-0.1, -0.05) is 130 Å². The summed E-state index contributed by atoms with van der Waals surface area (Å²) in [6.07, 6.45) is 26.0. The van der Waals surface area contributed by atoms with Gasteiger partial charge in [-0.05, 0) is 18.3 Å². The smallest absolute Gasteiger partial charge is 0.303 e. The number of hydrogen-bond acceptors (Lipinski definition) is 1. The van der Waals surface area contributed by atoms with Crippen molar-refractivity contribution in [3.63, 3.8) is 0 Å². The van der Waals surface area contributed by atoms with Gasteiger partial charge in [0.1, 0.15) is 0 Å². The molecule has 0 unspecified atom stereocenters. The molecular weight excluding hydrogens is 332 g/mol. The van der Waals surface area contributed by atoms with Crippen LogP contribution in [0.4, 0.5) is 0 Å². The Morgan fingerprint density at radius 2 is 0.778 bits per heavy atom. The van der Waals surface area contributed by atoms with Gasteiger partial charge in [-0.15, -0.1) is 0 Å². The molecule has 0 aromatic heterocycles. The third-order valence-corrected chi connectivity index (χ3v) is 5.57. The van der Waals surface area contributed by atoms with E-state index in [2.05, 4.69) is 20.8 Å². The van der Waals surface area contributed by atoms with Gasteiger partial charge >= 0.3 is 5.97 Å². The summed E-state index contributed by atoms with van der Waals surface area (Å²) in [6, 6.07) is 0. The minimum absolute atomic E-state index is 0.345. The third-order valence-electron chi connectivity index (χ3n) is 5.57. The van der Waals surface area contributed by atoms with Gasteiger partial charge in [0.2, 0.25) is 0 Å². The summed E-state index contributed by atoms with van der Waals surface area (Å²) in [7, 11) is 0.